The first-order chi connectivity index (χ1) is 44.7. The SMILES string of the molecule is CCCCCCCC/C=C\CCCCCCCC(=O)OCC(COP(=O)(O)OCCCC(=O)CCCCC(=O)NCCCCCNC(=S)Nc1ccc(-c2c3ccc(=O)cc-3oc3cc(O)ccc23)c(C)c1)OC(=O)CCCCCCC/C=C\CCCCCCCC. The first-order valence-corrected chi connectivity index (χ1v) is 37.0. The molecule has 1 amide bonds. The average molecular weight is 1310 g/mol. The third kappa shape index (κ3) is 36.1. The number of phenols is 1. The quantitative estimate of drug-likeness (QED) is 0.00691. The normalized spacial score (nSPS) is 12.6. The van der Waals surface area contributed by atoms with E-state index in [1.165, 1.54) is 89.2 Å². The van der Waals surface area contributed by atoms with Gasteiger partial charge in [-0.3, -0.25) is 33.0 Å². The van der Waals surface area contributed by atoms with Gasteiger partial charge in [0, 0.05) is 79.5 Å². The van der Waals surface area contributed by atoms with Gasteiger partial charge in [-0.1, -0.05) is 147 Å². The summed E-state index contributed by atoms with van der Waals surface area (Å²) in [5, 5.41) is 20.9. The van der Waals surface area contributed by atoms with E-state index in [9.17, 15) is 38.5 Å². The largest absolute Gasteiger partial charge is 0.508 e. The van der Waals surface area contributed by atoms with Crippen LogP contribution >= 0.6 is 20.0 Å². The van der Waals surface area contributed by atoms with E-state index in [1.54, 1.807) is 18.2 Å². The minimum Gasteiger partial charge on any atom is -0.508 e. The first kappa shape index (κ1) is 78.7. The summed E-state index contributed by atoms with van der Waals surface area (Å²) in [7, 11) is -4.61. The lowest BCUT2D eigenvalue weighted by Gasteiger charge is -2.20. The van der Waals surface area contributed by atoms with Gasteiger partial charge in [-0.05, 0) is 169 Å². The molecule has 18 heteroatoms. The lowest BCUT2D eigenvalue weighted by atomic mass is 9.91. The Bertz CT molecular complexity index is 2890. The Balaban J connectivity index is 1.05. The van der Waals surface area contributed by atoms with Gasteiger partial charge >= 0.3 is 19.8 Å². The number of aryl methyl sites for hydroxylation is 1. The number of ether oxygens (including phenoxy) is 2. The maximum absolute atomic E-state index is 12.9. The predicted octanol–water partition coefficient (Wildman–Crippen LogP) is 18.7. The van der Waals surface area contributed by atoms with Crippen molar-refractivity contribution in [1.82, 2.24) is 10.6 Å². The fraction of sp³-hybridized carbons (Fsp3) is 0.622. The second kappa shape index (κ2) is 48.9. The highest BCUT2D eigenvalue weighted by Crippen LogP contribution is 2.44. The van der Waals surface area contributed by atoms with Crippen molar-refractivity contribution in [3.8, 4) is 28.2 Å². The number of rotatable bonds is 54. The zero-order valence-electron chi connectivity index (χ0n) is 56.0. The Hall–Kier alpha value is -5.71. The van der Waals surface area contributed by atoms with Crippen molar-refractivity contribution < 1.29 is 56.7 Å². The summed E-state index contributed by atoms with van der Waals surface area (Å²) in [6.45, 7) is 6.63. The number of benzene rings is 3. The van der Waals surface area contributed by atoms with Gasteiger partial charge in [0.2, 0.25) is 5.91 Å². The second-order valence-corrected chi connectivity index (χ2v) is 26.4. The summed E-state index contributed by atoms with van der Waals surface area (Å²) in [6, 6.07) is 15.7. The monoisotopic (exact) mass is 1310 g/mol. The van der Waals surface area contributed by atoms with Crippen LogP contribution < -0.4 is 21.4 Å². The van der Waals surface area contributed by atoms with Gasteiger partial charge in [-0.25, -0.2) is 4.57 Å². The molecule has 0 bridgehead atoms. The van der Waals surface area contributed by atoms with Crippen molar-refractivity contribution in [3.05, 3.63) is 94.7 Å². The molecule has 0 radical (unpaired) electrons. The molecule has 0 fully saturated rings. The highest BCUT2D eigenvalue weighted by molar-refractivity contribution is 7.80. The van der Waals surface area contributed by atoms with E-state index >= 15 is 0 Å². The molecule has 2 aromatic rings. The number of esters is 2. The van der Waals surface area contributed by atoms with Crippen LogP contribution in [0.25, 0.3) is 33.4 Å². The molecule has 2 atom stereocenters. The third-order valence-corrected chi connectivity index (χ3v) is 17.5. The molecule has 2 aromatic carbocycles. The molecule has 5 N–H and O–H groups in total. The van der Waals surface area contributed by atoms with Crippen molar-refractivity contribution >= 4 is 65.4 Å². The molecule has 2 aliphatic rings. The van der Waals surface area contributed by atoms with Crippen molar-refractivity contribution in [1.29, 1.82) is 0 Å². The van der Waals surface area contributed by atoms with Crippen LogP contribution in [0.1, 0.15) is 257 Å². The van der Waals surface area contributed by atoms with E-state index in [0.29, 0.717) is 61.6 Å². The van der Waals surface area contributed by atoms with E-state index in [0.717, 1.165) is 130 Å². The summed E-state index contributed by atoms with van der Waals surface area (Å²) in [6.07, 6.45) is 42.6. The number of hydrogen-bond acceptors (Lipinski definition) is 13. The van der Waals surface area contributed by atoms with Crippen molar-refractivity contribution in [2.45, 2.75) is 264 Å². The number of phenolic OH excluding ortho intramolecular Hbond substituents is 1. The Kier molecular flexibility index (Phi) is 41.9. The molecule has 92 heavy (non-hydrogen) atoms. The number of Topliss-reactive ketones (excluding diaryl/α,β-unsaturated/α-hetero) is 1. The number of ketones is 1. The molecular formula is C74H112N3O13PS. The van der Waals surface area contributed by atoms with E-state index < -0.39 is 32.5 Å². The summed E-state index contributed by atoms with van der Waals surface area (Å²) >= 11 is 5.58. The first-order valence-electron chi connectivity index (χ1n) is 35.1. The molecule has 512 valence electrons. The van der Waals surface area contributed by atoms with Crippen LogP contribution in [0.5, 0.6) is 5.75 Å². The van der Waals surface area contributed by atoms with Crippen LogP contribution in [0.3, 0.4) is 0 Å². The lowest BCUT2D eigenvalue weighted by molar-refractivity contribution is -0.161. The number of thiocarbonyl (C=S) groups is 1. The van der Waals surface area contributed by atoms with Crippen LogP contribution in [-0.2, 0) is 42.3 Å². The molecule has 0 aromatic heterocycles. The molecule has 1 aliphatic carbocycles. The topological polar surface area (TPSA) is 229 Å². The molecule has 0 saturated heterocycles. The standard InChI is InChI=1S/C74H112N3O13PS/c1-4-6-8-10-12-14-16-18-20-22-24-26-28-30-33-43-71(82)86-57-64(89-72(83)44-34-31-29-27-25-23-21-19-17-15-13-11-9-7-5-2)58-88-91(84,85)87-53-39-41-61(78)40-35-36-42-70(81)75-51-37-32-38-52-76-74(92)77-60-45-48-65(59(3)54-60)73-66-49-46-62(79)55-68(66)90-69-56-63(80)47-50-67(69)73/h18-21,45-50,54-56,64,79H,4-17,22-44,51-53,57-58H2,1-3H3,(H,75,81)(H,84,85)(H2,76,77,92)/b20-18-,21-19-. The van der Waals surface area contributed by atoms with Gasteiger partial charge in [0.25, 0.3) is 0 Å². The van der Waals surface area contributed by atoms with Gasteiger partial charge in [0.1, 0.15) is 29.5 Å². The van der Waals surface area contributed by atoms with Crippen LogP contribution in [0.4, 0.5) is 5.69 Å². The van der Waals surface area contributed by atoms with Gasteiger partial charge in [-0.15, -0.1) is 0 Å². The van der Waals surface area contributed by atoms with Gasteiger partial charge < -0.3 is 39.8 Å². The Morgan fingerprint density at radius 2 is 1.11 bits per heavy atom. The van der Waals surface area contributed by atoms with E-state index in [4.69, 9.17) is 35.2 Å². The highest BCUT2D eigenvalue weighted by Gasteiger charge is 2.27. The Labute approximate surface area is 555 Å². The second-order valence-electron chi connectivity index (χ2n) is 24.5. The number of carbonyl (C=O) groups excluding carboxylic acids is 4. The van der Waals surface area contributed by atoms with Crippen molar-refractivity contribution in [2.24, 2.45) is 0 Å². The number of fused-ring (bicyclic) bond motifs is 2. The van der Waals surface area contributed by atoms with E-state index in [-0.39, 0.29) is 68.2 Å². The Morgan fingerprint density at radius 1 is 0.576 bits per heavy atom. The highest BCUT2D eigenvalue weighted by atomic mass is 32.1. The van der Waals surface area contributed by atoms with Crippen LogP contribution in [0.15, 0.2) is 88.1 Å². The van der Waals surface area contributed by atoms with Gasteiger partial charge in [0.05, 0.1) is 13.2 Å². The number of anilines is 1. The van der Waals surface area contributed by atoms with Gasteiger partial charge in [-0.2, -0.15) is 0 Å². The summed E-state index contributed by atoms with van der Waals surface area (Å²) in [5.74, 6) is -0.549. The number of nitrogens with one attached hydrogen (secondary N) is 3. The van der Waals surface area contributed by atoms with Crippen LogP contribution in [0, 0.1) is 6.92 Å². The fourth-order valence-corrected chi connectivity index (χ4v) is 12.0. The summed E-state index contributed by atoms with van der Waals surface area (Å²) in [4.78, 5) is 73.5. The van der Waals surface area contributed by atoms with Crippen molar-refractivity contribution in [2.75, 3.05) is 38.2 Å². The third-order valence-electron chi connectivity index (χ3n) is 16.3. The smallest absolute Gasteiger partial charge is 0.472 e. The van der Waals surface area contributed by atoms with Gasteiger partial charge in [0.15, 0.2) is 16.6 Å². The number of phosphoric ester groups is 1. The number of carbonyl (C=O) groups is 4. The molecular weight excluding hydrogens is 1200 g/mol. The summed E-state index contributed by atoms with van der Waals surface area (Å²) in [5.41, 5.74) is 4.74. The molecule has 0 spiro atoms. The van der Waals surface area contributed by atoms with E-state index in [2.05, 4.69) is 54.1 Å². The molecule has 1 heterocycles. The lowest BCUT2D eigenvalue weighted by Crippen LogP contribution is -2.29. The van der Waals surface area contributed by atoms with Crippen LogP contribution in [-0.4, -0.2) is 77.8 Å². The number of aromatic hydroxyl groups is 1. The maximum Gasteiger partial charge on any atom is 0.472 e. The Morgan fingerprint density at radius 3 is 1.73 bits per heavy atom. The average Bonchev–Trinajstić information content (AvgIpc) is 0.763. The maximum atomic E-state index is 12.9. The number of amides is 1. The number of hydrogen-bond donors (Lipinski definition) is 5. The molecule has 1 aliphatic heterocycles. The number of unbranched alkanes of at least 4 members (excludes halogenated alkanes) is 25. The number of allylic oxidation sites excluding steroid dienone is 4. The summed E-state index contributed by atoms with van der Waals surface area (Å²) < 4.78 is 40.4. The molecule has 4 rings (SSSR count). The number of phosphoric acid groups is 1. The zero-order valence-corrected chi connectivity index (χ0v) is 57.7. The minimum atomic E-state index is -4.61. The fourth-order valence-electron chi connectivity index (χ4n) is 11.0. The van der Waals surface area contributed by atoms with Crippen molar-refractivity contribution in [3.63, 3.8) is 0 Å². The predicted molar refractivity (Wildman–Crippen MR) is 376 cm³/mol. The molecule has 16 nitrogen and oxygen atoms in total. The van der Waals surface area contributed by atoms with E-state index in [1.807, 2.05) is 31.2 Å². The molecule has 2 unspecified atom stereocenters. The minimum absolute atomic E-state index is 0.0481. The molecule has 0 saturated carbocycles. The zero-order chi connectivity index (χ0) is 66.3. The van der Waals surface area contributed by atoms with Crippen LogP contribution in [0.2, 0.25) is 0 Å².